The van der Waals surface area contributed by atoms with E-state index in [0.717, 1.165) is 12.1 Å². The molecule has 2 atom stereocenters. The second-order valence-electron chi connectivity index (χ2n) is 5.37. The first-order valence-electron chi connectivity index (χ1n) is 6.88. The molecule has 1 aromatic carbocycles. The molecule has 0 spiro atoms. The monoisotopic (exact) mass is 283 g/mol. The van der Waals surface area contributed by atoms with Crippen LogP contribution in [0.4, 0.5) is 0 Å². The summed E-state index contributed by atoms with van der Waals surface area (Å²) in [5.74, 6) is 0.397. The van der Waals surface area contributed by atoms with Gasteiger partial charge in [0.05, 0.1) is 11.0 Å². The molecule has 0 aromatic heterocycles. The van der Waals surface area contributed by atoms with E-state index < -0.39 is 15.1 Å². The third kappa shape index (κ3) is 4.62. The van der Waals surface area contributed by atoms with Crippen molar-refractivity contribution in [1.29, 1.82) is 0 Å². The number of benzene rings is 1. The van der Waals surface area contributed by atoms with E-state index in [2.05, 4.69) is 5.32 Å². The van der Waals surface area contributed by atoms with E-state index in [1.807, 2.05) is 51.1 Å². The summed E-state index contributed by atoms with van der Waals surface area (Å²) in [4.78, 5) is 0. The van der Waals surface area contributed by atoms with Crippen molar-refractivity contribution < 1.29 is 8.42 Å². The molecule has 1 aromatic rings. The minimum Gasteiger partial charge on any atom is -0.309 e. The maximum Gasteiger partial charge on any atom is 0.155 e. The molecule has 0 aliphatic heterocycles. The Labute approximate surface area is 117 Å². The minimum atomic E-state index is -3.09. The molecule has 0 radical (unpaired) electrons. The van der Waals surface area contributed by atoms with Gasteiger partial charge in [-0.05, 0) is 24.9 Å². The van der Waals surface area contributed by atoms with Gasteiger partial charge < -0.3 is 5.32 Å². The third-order valence-corrected chi connectivity index (χ3v) is 5.72. The molecule has 19 heavy (non-hydrogen) atoms. The van der Waals surface area contributed by atoms with Crippen molar-refractivity contribution >= 4 is 9.84 Å². The Morgan fingerprint density at radius 3 is 2.16 bits per heavy atom. The minimum absolute atomic E-state index is 0.144. The van der Waals surface area contributed by atoms with Gasteiger partial charge in [0.1, 0.15) is 0 Å². The van der Waals surface area contributed by atoms with Crippen LogP contribution in [-0.4, -0.2) is 26.0 Å². The molecular formula is C15H25NO2S. The average molecular weight is 283 g/mol. The molecule has 0 saturated carbocycles. The summed E-state index contributed by atoms with van der Waals surface area (Å²) in [6.07, 6.45) is 0. The first-order valence-corrected chi connectivity index (χ1v) is 8.60. The van der Waals surface area contributed by atoms with Crippen molar-refractivity contribution in [3.8, 4) is 0 Å². The molecule has 1 N–H and O–H groups in total. The maximum absolute atomic E-state index is 12.4. The SMILES string of the molecule is CCNC(c1ccccc1)C(C)S(=O)(=O)CC(C)C. The molecule has 2 unspecified atom stereocenters. The zero-order chi connectivity index (χ0) is 14.5. The van der Waals surface area contributed by atoms with Crippen LogP contribution < -0.4 is 5.32 Å². The van der Waals surface area contributed by atoms with E-state index in [9.17, 15) is 8.42 Å². The number of sulfone groups is 1. The lowest BCUT2D eigenvalue weighted by Crippen LogP contribution is -2.37. The highest BCUT2D eigenvalue weighted by Crippen LogP contribution is 2.23. The van der Waals surface area contributed by atoms with E-state index in [1.165, 1.54) is 0 Å². The predicted octanol–water partition coefficient (Wildman–Crippen LogP) is 2.80. The maximum atomic E-state index is 12.4. The molecule has 0 amide bonds. The standard InChI is InChI=1S/C15H25NO2S/c1-5-16-15(14-9-7-6-8-10-14)13(4)19(17,18)11-12(2)3/h6-10,12-13,15-16H,5,11H2,1-4H3. The third-order valence-electron chi connectivity index (χ3n) is 3.18. The predicted molar refractivity (Wildman–Crippen MR) is 80.9 cm³/mol. The van der Waals surface area contributed by atoms with Crippen LogP contribution >= 0.6 is 0 Å². The largest absolute Gasteiger partial charge is 0.309 e. The fourth-order valence-electron chi connectivity index (χ4n) is 2.26. The van der Waals surface area contributed by atoms with Crippen LogP contribution in [0, 0.1) is 5.92 Å². The second kappa shape index (κ2) is 7.06. The summed E-state index contributed by atoms with van der Waals surface area (Å²) in [5, 5.41) is 2.88. The van der Waals surface area contributed by atoms with Gasteiger partial charge in [0.15, 0.2) is 9.84 Å². The summed E-state index contributed by atoms with van der Waals surface area (Å²) in [6, 6.07) is 9.65. The second-order valence-corrected chi connectivity index (χ2v) is 7.78. The topological polar surface area (TPSA) is 46.2 Å². The molecule has 0 heterocycles. The number of nitrogens with one attached hydrogen (secondary N) is 1. The summed E-state index contributed by atoms with van der Waals surface area (Å²) >= 11 is 0. The van der Waals surface area contributed by atoms with Crippen LogP contribution in [0.5, 0.6) is 0 Å². The van der Waals surface area contributed by atoms with Crippen LogP contribution in [0.15, 0.2) is 30.3 Å². The zero-order valence-electron chi connectivity index (χ0n) is 12.3. The summed E-state index contributed by atoms with van der Waals surface area (Å²) < 4.78 is 24.8. The van der Waals surface area contributed by atoms with Gasteiger partial charge in [-0.1, -0.05) is 51.1 Å². The van der Waals surface area contributed by atoms with Crippen molar-refractivity contribution in [3.05, 3.63) is 35.9 Å². The number of hydrogen-bond donors (Lipinski definition) is 1. The molecule has 108 valence electrons. The van der Waals surface area contributed by atoms with Crippen LogP contribution in [0.1, 0.15) is 39.3 Å². The molecule has 0 saturated heterocycles. The van der Waals surface area contributed by atoms with Crippen LogP contribution in [0.3, 0.4) is 0 Å². The summed E-state index contributed by atoms with van der Waals surface area (Å²) in [5.41, 5.74) is 1.03. The van der Waals surface area contributed by atoms with Crippen LogP contribution in [0.2, 0.25) is 0 Å². The van der Waals surface area contributed by atoms with Gasteiger partial charge >= 0.3 is 0 Å². The molecule has 0 bridgehead atoms. The van der Waals surface area contributed by atoms with Crippen molar-refractivity contribution in [2.75, 3.05) is 12.3 Å². The smallest absolute Gasteiger partial charge is 0.155 e. The Bertz CT molecular complexity index is 468. The van der Waals surface area contributed by atoms with Crippen molar-refractivity contribution in [3.63, 3.8) is 0 Å². The lowest BCUT2D eigenvalue weighted by Gasteiger charge is -2.26. The van der Waals surface area contributed by atoms with Gasteiger partial charge in [0.25, 0.3) is 0 Å². The van der Waals surface area contributed by atoms with E-state index in [0.29, 0.717) is 0 Å². The fourth-order valence-corrected chi connectivity index (χ4v) is 4.16. The molecule has 1 rings (SSSR count). The highest BCUT2D eigenvalue weighted by Gasteiger charge is 2.30. The Morgan fingerprint density at radius 2 is 1.68 bits per heavy atom. The zero-order valence-corrected chi connectivity index (χ0v) is 13.1. The first-order chi connectivity index (χ1) is 8.88. The molecule has 0 aliphatic rings. The van der Waals surface area contributed by atoms with Crippen molar-refractivity contribution in [2.24, 2.45) is 5.92 Å². The lowest BCUT2D eigenvalue weighted by molar-refractivity contribution is 0.505. The number of rotatable bonds is 7. The van der Waals surface area contributed by atoms with Gasteiger partial charge in [-0.15, -0.1) is 0 Å². The van der Waals surface area contributed by atoms with E-state index in [-0.39, 0.29) is 17.7 Å². The molecule has 0 aliphatic carbocycles. The van der Waals surface area contributed by atoms with Crippen molar-refractivity contribution in [2.45, 2.75) is 39.0 Å². The molecule has 0 fully saturated rings. The van der Waals surface area contributed by atoms with Crippen molar-refractivity contribution in [1.82, 2.24) is 5.32 Å². The molecule has 4 heteroatoms. The van der Waals surface area contributed by atoms with Gasteiger partial charge in [-0.25, -0.2) is 8.42 Å². The Kier molecular flexibility index (Phi) is 6.01. The molecular weight excluding hydrogens is 258 g/mol. The van der Waals surface area contributed by atoms with Crippen LogP contribution in [0.25, 0.3) is 0 Å². The number of hydrogen-bond acceptors (Lipinski definition) is 3. The Hall–Kier alpha value is -0.870. The van der Waals surface area contributed by atoms with Gasteiger partial charge in [-0.3, -0.25) is 0 Å². The lowest BCUT2D eigenvalue weighted by atomic mass is 10.0. The highest BCUT2D eigenvalue weighted by molar-refractivity contribution is 7.92. The fraction of sp³-hybridized carbons (Fsp3) is 0.600. The van der Waals surface area contributed by atoms with Crippen LogP contribution in [-0.2, 0) is 9.84 Å². The Morgan fingerprint density at radius 1 is 1.11 bits per heavy atom. The van der Waals surface area contributed by atoms with E-state index >= 15 is 0 Å². The van der Waals surface area contributed by atoms with Gasteiger partial charge in [-0.2, -0.15) is 0 Å². The average Bonchev–Trinajstić information content (AvgIpc) is 2.34. The van der Waals surface area contributed by atoms with Gasteiger partial charge in [0.2, 0.25) is 0 Å². The highest BCUT2D eigenvalue weighted by atomic mass is 32.2. The van der Waals surface area contributed by atoms with Gasteiger partial charge in [0, 0.05) is 6.04 Å². The van der Waals surface area contributed by atoms with E-state index in [4.69, 9.17) is 0 Å². The Balaban J connectivity index is 3.00. The summed E-state index contributed by atoms with van der Waals surface area (Å²) in [7, 11) is -3.09. The normalized spacial score (nSPS) is 15.4. The first kappa shape index (κ1) is 16.2. The molecule has 3 nitrogen and oxygen atoms in total. The summed E-state index contributed by atoms with van der Waals surface area (Å²) in [6.45, 7) is 8.43. The van der Waals surface area contributed by atoms with E-state index in [1.54, 1.807) is 6.92 Å². The quantitative estimate of drug-likeness (QED) is 0.837.